The van der Waals surface area contributed by atoms with Crippen molar-refractivity contribution in [2.75, 3.05) is 6.54 Å². The molecule has 3 atom stereocenters. The highest BCUT2D eigenvalue weighted by Crippen LogP contribution is 2.11. The van der Waals surface area contributed by atoms with Crippen molar-refractivity contribution in [3.63, 3.8) is 0 Å². The number of phenolic OH excluding ortho intramolecular Hbond substituents is 1. The molecule has 1 aromatic rings. The minimum Gasteiger partial charge on any atom is -0.508 e. The number of aliphatic carboxylic acids is 3. The number of hydrogen-bond acceptors (Lipinski definition) is 8. The summed E-state index contributed by atoms with van der Waals surface area (Å²) in [6, 6.07) is 0.951. The summed E-state index contributed by atoms with van der Waals surface area (Å²) in [7, 11) is 0. The molecule has 0 saturated carbocycles. The van der Waals surface area contributed by atoms with Gasteiger partial charge in [0.25, 0.3) is 0 Å². The standard InChI is InChI=1S/C19H24N4O10/c20-11(6-15(26)27)17(30)21-8-14(25)22-12(7-16(28)29)18(31)23-13(19(32)33)5-9-1-3-10(24)4-2-9/h1-4,11-13,24H,5-8,20H2,(H,21,30)(H,22,25)(H,23,31)(H,26,27)(H,28,29)(H,32,33). The molecule has 14 nitrogen and oxygen atoms in total. The van der Waals surface area contributed by atoms with Crippen LogP contribution in [-0.4, -0.2) is 80.7 Å². The van der Waals surface area contributed by atoms with Crippen molar-refractivity contribution in [2.45, 2.75) is 37.4 Å². The number of nitrogens with two attached hydrogens (primary N) is 1. The van der Waals surface area contributed by atoms with Gasteiger partial charge >= 0.3 is 17.9 Å². The van der Waals surface area contributed by atoms with Crippen LogP contribution in [0.15, 0.2) is 24.3 Å². The minimum absolute atomic E-state index is 0.0464. The molecule has 33 heavy (non-hydrogen) atoms. The highest BCUT2D eigenvalue weighted by molar-refractivity contribution is 5.94. The number of phenols is 1. The topological polar surface area (TPSA) is 245 Å². The first kappa shape index (κ1) is 26.8. The van der Waals surface area contributed by atoms with Crippen LogP contribution in [0.4, 0.5) is 0 Å². The number of carboxylic acids is 3. The van der Waals surface area contributed by atoms with Gasteiger partial charge in [0, 0.05) is 6.42 Å². The van der Waals surface area contributed by atoms with Gasteiger partial charge in [-0.1, -0.05) is 12.1 Å². The molecule has 1 aromatic carbocycles. The fraction of sp³-hybridized carbons (Fsp3) is 0.368. The van der Waals surface area contributed by atoms with Gasteiger partial charge in [0.15, 0.2) is 0 Å². The smallest absolute Gasteiger partial charge is 0.326 e. The summed E-state index contributed by atoms with van der Waals surface area (Å²) in [4.78, 5) is 69.3. The van der Waals surface area contributed by atoms with Gasteiger partial charge in [-0.3, -0.25) is 24.0 Å². The monoisotopic (exact) mass is 468 g/mol. The highest BCUT2D eigenvalue weighted by atomic mass is 16.4. The van der Waals surface area contributed by atoms with E-state index in [0.717, 1.165) is 0 Å². The lowest BCUT2D eigenvalue weighted by atomic mass is 10.0. The van der Waals surface area contributed by atoms with E-state index in [2.05, 4.69) is 10.6 Å². The largest absolute Gasteiger partial charge is 0.508 e. The number of benzene rings is 1. The van der Waals surface area contributed by atoms with Gasteiger partial charge in [-0.25, -0.2) is 4.79 Å². The Bertz CT molecular complexity index is 902. The molecule has 0 saturated heterocycles. The molecule has 0 radical (unpaired) electrons. The molecule has 3 unspecified atom stereocenters. The molecule has 0 spiro atoms. The van der Waals surface area contributed by atoms with Gasteiger partial charge in [-0.15, -0.1) is 0 Å². The van der Waals surface area contributed by atoms with Crippen LogP contribution in [0, 0.1) is 0 Å². The van der Waals surface area contributed by atoms with Gasteiger partial charge in [-0.05, 0) is 17.7 Å². The molecule has 9 N–H and O–H groups in total. The van der Waals surface area contributed by atoms with Gasteiger partial charge < -0.3 is 42.1 Å². The number of hydrogen-bond donors (Lipinski definition) is 8. The third kappa shape index (κ3) is 10.1. The fourth-order valence-electron chi connectivity index (χ4n) is 2.55. The van der Waals surface area contributed by atoms with Crippen LogP contribution < -0.4 is 21.7 Å². The van der Waals surface area contributed by atoms with Crippen LogP contribution >= 0.6 is 0 Å². The van der Waals surface area contributed by atoms with Crippen molar-refractivity contribution < 1.29 is 49.2 Å². The molecule has 14 heteroatoms. The zero-order valence-corrected chi connectivity index (χ0v) is 17.2. The maximum Gasteiger partial charge on any atom is 0.326 e. The summed E-state index contributed by atoms with van der Waals surface area (Å²) >= 11 is 0. The number of carboxylic acid groups (broad SMARTS) is 3. The normalized spacial score (nSPS) is 13.1. The van der Waals surface area contributed by atoms with E-state index in [4.69, 9.17) is 15.9 Å². The average molecular weight is 468 g/mol. The van der Waals surface area contributed by atoms with Gasteiger partial charge in [0.1, 0.15) is 17.8 Å². The summed E-state index contributed by atoms with van der Waals surface area (Å²) < 4.78 is 0. The predicted octanol–water partition coefficient (Wildman–Crippen LogP) is -2.62. The number of rotatable bonds is 13. The van der Waals surface area contributed by atoms with Crippen LogP contribution in [0.3, 0.4) is 0 Å². The van der Waals surface area contributed by atoms with Crippen molar-refractivity contribution in [3.05, 3.63) is 29.8 Å². The molecule has 0 aromatic heterocycles. The lowest BCUT2D eigenvalue weighted by Gasteiger charge is -2.21. The van der Waals surface area contributed by atoms with Crippen LogP contribution in [-0.2, 0) is 35.2 Å². The van der Waals surface area contributed by atoms with Crippen molar-refractivity contribution >= 4 is 35.6 Å². The molecule has 0 aliphatic carbocycles. The van der Waals surface area contributed by atoms with E-state index in [-0.39, 0.29) is 12.2 Å². The first-order valence-corrected chi connectivity index (χ1v) is 9.46. The molecule has 0 aliphatic heterocycles. The lowest BCUT2D eigenvalue weighted by Crippen LogP contribution is -2.54. The third-order valence-corrected chi connectivity index (χ3v) is 4.18. The molecule has 0 aliphatic rings. The van der Waals surface area contributed by atoms with Crippen molar-refractivity contribution in [1.29, 1.82) is 0 Å². The zero-order valence-electron chi connectivity index (χ0n) is 17.2. The second-order valence-corrected chi connectivity index (χ2v) is 6.91. The summed E-state index contributed by atoms with van der Waals surface area (Å²) in [5.41, 5.74) is 5.80. The maximum atomic E-state index is 12.5. The lowest BCUT2D eigenvalue weighted by molar-refractivity contribution is -0.143. The summed E-state index contributed by atoms with van der Waals surface area (Å²) in [5, 5.41) is 42.5. The van der Waals surface area contributed by atoms with Gasteiger partial charge in [-0.2, -0.15) is 0 Å². The highest BCUT2D eigenvalue weighted by Gasteiger charge is 2.29. The Morgan fingerprint density at radius 3 is 1.91 bits per heavy atom. The van der Waals surface area contributed by atoms with Crippen molar-refractivity contribution in [3.8, 4) is 5.75 Å². The van der Waals surface area contributed by atoms with E-state index < -0.39 is 73.1 Å². The Kier molecular flexibility index (Phi) is 10.3. The number of amides is 3. The summed E-state index contributed by atoms with van der Waals surface area (Å²) in [6.45, 7) is -0.731. The van der Waals surface area contributed by atoms with Crippen LogP contribution in [0.5, 0.6) is 5.75 Å². The van der Waals surface area contributed by atoms with E-state index in [0.29, 0.717) is 5.56 Å². The molecule has 3 amide bonds. The van der Waals surface area contributed by atoms with E-state index >= 15 is 0 Å². The zero-order chi connectivity index (χ0) is 25.1. The minimum atomic E-state index is -1.67. The average Bonchev–Trinajstić information content (AvgIpc) is 2.71. The predicted molar refractivity (Wildman–Crippen MR) is 109 cm³/mol. The number of carbonyl (C=O) groups is 6. The number of nitrogens with one attached hydrogen (secondary N) is 3. The van der Waals surface area contributed by atoms with Gasteiger partial charge in [0.2, 0.25) is 17.7 Å². The first-order valence-electron chi connectivity index (χ1n) is 9.46. The quantitative estimate of drug-likeness (QED) is 0.149. The molecule has 180 valence electrons. The number of carbonyl (C=O) groups excluding carboxylic acids is 3. The Labute approximate surface area is 186 Å². The van der Waals surface area contributed by atoms with Crippen LogP contribution in [0.1, 0.15) is 18.4 Å². The molecule has 0 bridgehead atoms. The Hall–Kier alpha value is -4.20. The first-order chi connectivity index (χ1) is 15.4. The van der Waals surface area contributed by atoms with Crippen molar-refractivity contribution in [1.82, 2.24) is 16.0 Å². The molecular weight excluding hydrogens is 444 g/mol. The summed E-state index contributed by atoms with van der Waals surface area (Å²) in [5.74, 6) is -7.30. The van der Waals surface area contributed by atoms with Crippen molar-refractivity contribution in [2.24, 2.45) is 5.73 Å². The fourth-order valence-corrected chi connectivity index (χ4v) is 2.55. The Balaban J connectivity index is 2.77. The van der Waals surface area contributed by atoms with E-state index in [1.807, 2.05) is 5.32 Å². The Morgan fingerprint density at radius 1 is 0.818 bits per heavy atom. The molecule has 1 rings (SSSR count). The molecule has 0 heterocycles. The maximum absolute atomic E-state index is 12.5. The van der Waals surface area contributed by atoms with E-state index in [1.165, 1.54) is 24.3 Å². The summed E-state index contributed by atoms with van der Waals surface area (Å²) in [6.07, 6.45) is -1.75. The second kappa shape index (κ2) is 12.6. The second-order valence-electron chi connectivity index (χ2n) is 6.91. The molecular formula is C19H24N4O10. The van der Waals surface area contributed by atoms with E-state index in [1.54, 1.807) is 0 Å². The van der Waals surface area contributed by atoms with Gasteiger partial charge in [0.05, 0.1) is 25.4 Å². The Morgan fingerprint density at radius 2 is 1.39 bits per heavy atom. The third-order valence-electron chi connectivity index (χ3n) is 4.18. The van der Waals surface area contributed by atoms with E-state index in [9.17, 15) is 39.0 Å². The SMILES string of the molecule is NC(CC(=O)O)C(=O)NCC(=O)NC(CC(=O)O)C(=O)NC(Cc1ccc(O)cc1)C(=O)O. The van der Waals surface area contributed by atoms with Crippen LogP contribution in [0.25, 0.3) is 0 Å². The molecule has 0 fully saturated rings. The number of aromatic hydroxyl groups is 1. The van der Waals surface area contributed by atoms with Crippen LogP contribution in [0.2, 0.25) is 0 Å².